The third kappa shape index (κ3) is 7.01. The number of rotatable bonds is 8. The summed E-state index contributed by atoms with van der Waals surface area (Å²) in [7, 11) is 0. The molecule has 1 atom stereocenters. The van der Waals surface area contributed by atoms with Gasteiger partial charge in [-0.2, -0.15) is 0 Å². The van der Waals surface area contributed by atoms with Gasteiger partial charge in [0.25, 0.3) is 0 Å². The summed E-state index contributed by atoms with van der Waals surface area (Å²) in [4.78, 5) is 4.47. The summed E-state index contributed by atoms with van der Waals surface area (Å²) in [6.07, 6.45) is 4.39. The highest BCUT2D eigenvalue weighted by Gasteiger charge is 2.16. The number of aliphatic hydroxyl groups is 1. The van der Waals surface area contributed by atoms with E-state index in [1.165, 1.54) is 25.7 Å². The van der Waals surface area contributed by atoms with Gasteiger partial charge in [-0.25, -0.2) is 0 Å². The van der Waals surface area contributed by atoms with Gasteiger partial charge < -0.3 is 20.5 Å². The maximum absolute atomic E-state index is 10.0. The summed E-state index contributed by atoms with van der Waals surface area (Å²) in [5.41, 5.74) is 1.11. The monoisotopic (exact) mass is 319 g/mol. The van der Waals surface area contributed by atoms with Crippen LogP contribution >= 0.6 is 0 Å². The van der Waals surface area contributed by atoms with Gasteiger partial charge >= 0.3 is 0 Å². The van der Waals surface area contributed by atoms with Crippen LogP contribution in [0.25, 0.3) is 0 Å². The molecule has 1 saturated carbocycles. The largest absolute Gasteiger partial charge is 0.389 e. The number of ether oxygens (including phenoxy) is 1. The Balaban J connectivity index is 1.69. The molecule has 1 unspecified atom stereocenters. The van der Waals surface area contributed by atoms with Crippen molar-refractivity contribution >= 4 is 5.96 Å². The molecular formula is C18H29N3O2. The topological polar surface area (TPSA) is 65.9 Å². The Kier molecular flexibility index (Phi) is 7.90. The molecule has 128 valence electrons. The molecule has 1 aliphatic rings. The van der Waals surface area contributed by atoms with Crippen LogP contribution in [-0.2, 0) is 11.3 Å². The SMILES string of the molecule is CCNC(=NCC(O)COCc1ccccc1)NC1CCCC1. The lowest BCUT2D eigenvalue weighted by molar-refractivity contribution is 0.0331. The Morgan fingerprint density at radius 3 is 2.74 bits per heavy atom. The molecule has 0 aliphatic heterocycles. The highest BCUT2D eigenvalue weighted by Crippen LogP contribution is 2.17. The van der Waals surface area contributed by atoms with Crippen LogP contribution in [0.15, 0.2) is 35.3 Å². The Labute approximate surface area is 139 Å². The second kappa shape index (κ2) is 10.2. The minimum atomic E-state index is -0.585. The van der Waals surface area contributed by atoms with Gasteiger partial charge in [-0.15, -0.1) is 0 Å². The van der Waals surface area contributed by atoms with Gasteiger partial charge in [-0.05, 0) is 25.3 Å². The van der Waals surface area contributed by atoms with Gasteiger partial charge in [-0.3, -0.25) is 4.99 Å². The van der Waals surface area contributed by atoms with E-state index < -0.39 is 6.10 Å². The zero-order valence-corrected chi connectivity index (χ0v) is 14.0. The van der Waals surface area contributed by atoms with Crippen molar-refractivity contribution in [3.05, 3.63) is 35.9 Å². The molecule has 3 N–H and O–H groups in total. The van der Waals surface area contributed by atoms with Crippen LogP contribution in [0.1, 0.15) is 38.2 Å². The van der Waals surface area contributed by atoms with Crippen molar-refractivity contribution in [2.24, 2.45) is 4.99 Å². The van der Waals surface area contributed by atoms with Crippen molar-refractivity contribution in [2.45, 2.75) is 51.4 Å². The third-order valence-electron chi connectivity index (χ3n) is 3.92. The average Bonchev–Trinajstić information content (AvgIpc) is 3.07. The molecule has 2 rings (SSSR count). The lowest BCUT2D eigenvalue weighted by Crippen LogP contribution is -2.42. The van der Waals surface area contributed by atoms with Crippen LogP contribution in [0.3, 0.4) is 0 Å². The predicted molar refractivity (Wildman–Crippen MR) is 93.5 cm³/mol. The molecule has 0 saturated heterocycles. The summed E-state index contributed by atoms with van der Waals surface area (Å²) in [5, 5.41) is 16.7. The van der Waals surface area contributed by atoms with E-state index in [1.54, 1.807) is 0 Å². The predicted octanol–water partition coefficient (Wildman–Crippen LogP) is 2.06. The van der Waals surface area contributed by atoms with Crippen molar-refractivity contribution < 1.29 is 9.84 Å². The Hall–Kier alpha value is -1.59. The lowest BCUT2D eigenvalue weighted by Gasteiger charge is -2.17. The fourth-order valence-corrected chi connectivity index (χ4v) is 2.72. The van der Waals surface area contributed by atoms with Crippen LogP contribution in [0.4, 0.5) is 0 Å². The van der Waals surface area contributed by atoms with Crippen LogP contribution in [0.5, 0.6) is 0 Å². The standard InChI is InChI=1S/C18H29N3O2/c1-2-19-18(21-16-10-6-7-11-16)20-12-17(22)14-23-13-15-8-4-3-5-9-15/h3-5,8-9,16-17,22H,2,6-7,10-14H2,1H3,(H2,19,20,21). The van der Waals surface area contributed by atoms with Crippen molar-refractivity contribution in [3.8, 4) is 0 Å². The molecule has 0 aromatic heterocycles. The van der Waals surface area contributed by atoms with Gasteiger partial charge in [0.05, 0.1) is 25.9 Å². The third-order valence-corrected chi connectivity index (χ3v) is 3.92. The zero-order chi connectivity index (χ0) is 16.3. The maximum atomic E-state index is 10.0. The van der Waals surface area contributed by atoms with Crippen molar-refractivity contribution in [2.75, 3.05) is 19.7 Å². The molecule has 23 heavy (non-hydrogen) atoms. The number of hydrogen-bond donors (Lipinski definition) is 3. The van der Waals surface area contributed by atoms with Crippen LogP contribution in [0, 0.1) is 0 Å². The summed E-state index contributed by atoms with van der Waals surface area (Å²) in [5.74, 6) is 0.793. The van der Waals surface area contributed by atoms with Crippen molar-refractivity contribution in [1.82, 2.24) is 10.6 Å². The number of guanidine groups is 1. The second-order valence-electron chi connectivity index (χ2n) is 6.00. The second-order valence-corrected chi connectivity index (χ2v) is 6.00. The Bertz CT molecular complexity index is 459. The number of aliphatic imine (C=N–C) groups is 1. The Morgan fingerprint density at radius 1 is 1.30 bits per heavy atom. The first-order valence-electron chi connectivity index (χ1n) is 8.62. The first kappa shape index (κ1) is 17.8. The van der Waals surface area contributed by atoms with E-state index in [9.17, 15) is 5.11 Å². The van der Waals surface area contributed by atoms with E-state index in [1.807, 2.05) is 37.3 Å². The highest BCUT2D eigenvalue weighted by atomic mass is 16.5. The molecule has 0 radical (unpaired) electrons. The Morgan fingerprint density at radius 2 is 2.04 bits per heavy atom. The summed E-state index contributed by atoms with van der Waals surface area (Å²) >= 11 is 0. The fraction of sp³-hybridized carbons (Fsp3) is 0.611. The van der Waals surface area contributed by atoms with Crippen molar-refractivity contribution in [3.63, 3.8) is 0 Å². The van der Waals surface area contributed by atoms with Gasteiger partial charge in [0.15, 0.2) is 5.96 Å². The van der Waals surface area contributed by atoms with Crippen LogP contribution < -0.4 is 10.6 Å². The van der Waals surface area contributed by atoms with E-state index in [4.69, 9.17) is 4.74 Å². The molecule has 1 fully saturated rings. The van der Waals surface area contributed by atoms with Gasteiger partial charge in [0, 0.05) is 12.6 Å². The van der Waals surface area contributed by atoms with E-state index in [-0.39, 0.29) is 0 Å². The van der Waals surface area contributed by atoms with E-state index in [0.717, 1.165) is 18.1 Å². The maximum Gasteiger partial charge on any atom is 0.191 e. The molecule has 5 heteroatoms. The normalized spacial score (nSPS) is 17.2. The first-order valence-corrected chi connectivity index (χ1v) is 8.62. The average molecular weight is 319 g/mol. The summed E-state index contributed by atoms with van der Waals surface area (Å²) < 4.78 is 5.55. The molecule has 0 bridgehead atoms. The molecular weight excluding hydrogens is 290 g/mol. The highest BCUT2D eigenvalue weighted by molar-refractivity contribution is 5.80. The minimum Gasteiger partial charge on any atom is -0.389 e. The number of benzene rings is 1. The molecule has 1 aliphatic carbocycles. The van der Waals surface area contributed by atoms with E-state index >= 15 is 0 Å². The van der Waals surface area contributed by atoms with E-state index in [0.29, 0.717) is 25.8 Å². The molecule has 0 spiro atoms. The van der Waals surface area contributed by atoms with E-state index in [2.05, 4.69) is 15.6 Å². The first-order chi connectivity index (χ1) is 11.3. The van der Waals surface area contributed by atoms with Gasteiger partial charge in [0.1, 0.15) is 0 Å². The summed E-state index contributed by atoms with van der Waals surface area (Å²) in [6, 6.07) is 10.5. The molecule has 0 amide bonds. The fourth-order valence-electron chi connectivity index (χ4n) is 2.72. The van der Waals surface area contributed by atoms with Crippen LogP contribution in [-0.4, -0.2) is 42.9 Å². The number of nitrogens with one attached hydrogen (secondary N) is 2. The molecule has 5 nitrogen and oxygen atoms in total. The zero-order valence-electron chi connectivity index (χ0n) is 14.0. The van der Waals surface area contributed by atoms with Gasteiger partial charge in [0.2, 0.25) is 0 Å². The summed E-state index contributed by atoms with van der Waals surface area (Å²) in [6.45, 7) is 4.02. The van der Waals surface area contributed by atoms with Crippen LogP contribution in [0.2, 0.25) is 0 Å². The molecule has 0 heterocycles. The quantitative estimate of drug-likeness (QED) is 0.507. The minimum absolute atomic E-state index is 0.293. The number of nitrogens with zero attached hydrogens (tertiary/aromatic N) is 1. The van der Waals surface area contributed by atoms with Crippen molar-refractivity contribution in [1.29, 1.82) is 0 Å². The molecule has 1 aromatic rings. The molecule has 1 aromatic carbocycles. The number of hydrogen-bond acceptors (Lipinski definition) is 3. The van der Waals surface area contributed by atoms with Gasteiger partial charge in [-0.1, -0.05) is 43.2 Å². The lowest BCUT2D eigenvalue weighted by atomic mass is 10.2. The number of aliphatic hydroxyl groups excluding tert-OH is 1. The smallest absolute Gasteiger partial charge is 0.191 e.